The van der Waals surface area contributed by atoms with Gasteiger partial charge < -0.3 is 29.1 Å². The number of anilines is 1. The maximum absolute atomic E-state index is 12.3. The number of piperidine rings is 1. The molecule has 4 rings (SSSR count). The molecule has 8 heteroatoms. The number of benzene rings is 1. The summed E-state index contributed by atoms with van der Waals surface area (Å²) in [6.07, 6.45) is 1.44. The zero-order valence-electron chi connectivity index (χ0n) is 18.0. The predicted octanol–water partition coefficient (Wildman–Crippen LogP) is 0.585. The summed E-state index contributed by atoms with van der Waals surface area (Å²) in [5.74, 6) is 0.876. The molecule has 1 amide bonds. The van der Waals surface area contributed by atoms with Crippen LogP contribution in [0, 0.1) is 0 Å². The van der Waals surface area contributed by atoms with Crippen LogP contribution in [-0.4, -0.2) is 105 Å². The van der Waals surface area contributed by atoms with Gasteiger partial charge in [-0.1, -0.05) is 6.07 Å². The van der Waals surface area contributed by atoms with Crippen molar-refractivity contribution in [2.24, 2.45) is 0 Å². The first-order valence-electron chi connectivity index (χ1n) is 10.7. The maximum atomic E-state index is 12.3. The third-order valence-electron chi connectivity index (χ3n) is 6.62. The van der Waals surface area contributed by atoms with E-state index in [-0.39, 0.29) is 24.7 Å². The first-order chi connectivity index (χ1) is 14.5. The van der Waals surface area contributed by atoms with Crippen molar-refractivity contribution in [3.8, 4) is 5.75 Å². The van der Waals surface area contributed by atoms with E-state index in [0.717, 1.165) is 37.6 Å². The topological polar surface area (TPSA) is 74.7 Å². The number of ether oxygens (including phenoxy) is 3. The summed E-state index contributed by atoms with van der Waals surface area (Å²) in [6.45, 7) is 4.97. The Hall–Kier alpha value is -1.87. The summed E-state index contributed by atoms with van der Waals surface area (Å²) in [5.41, 5.74) is 0.411. The van der Waals surface area contributed by atoms with E-state index in [1.807, 2.05) is 23.1 Å². The van der Waals surface area contributed by atoms with Crippen molar-refractivity contribution in [3.05, 3.63) is 24.3 Å². The van der Waals surface area contributed by atoms with Gasteiger partial charge in [-0.25, -0.2) is 0 Å². The lowest BCUT2D eigenvalue weighted by Gasteiger charge is -2.41. The Balaban J connectivity index is 1.33. The molecular formula is C22H33N3O5. The van der Waals surface area contributed by atoms with E-state index >= 15 is 0 Å². The largest absolute Gasteiger partial charge is 0.497 e. The normalized spacial score (nSPS) is 26.7. The second-order valence-corrected chi connectivity index (χ2v) is 8.60. The van der Waals surface area contributed by atoms with Crippen LogP contribution in [0.1, 0.15) is 12.8 Å². The molecule has 30 heavy (non-hydrogen) atoms. The zero-order valence-corrected chi connectivity index (χ0v) is 18.0. The van der Waals surface area contributed by atoms with Gasteiger partial charge in [0.15, 0.2) is 0 Å². The highest BCUT2D eigenvalue weighted by Gasteiger charge is 2.45. The fraction of sp³-hybridized carbons (Fsp3) is 0.682. The molecule has 3 aliphatic heterocycles. The molecule has 1 aromatic carbocycles. The summed E-state index contributed by atoms with van der Waals surface area (Å²) in [4.78, 5) is 18.7. The van der Waals surface area contributed by atoms with Crippen LogP contribution in [-0.2, 0) is 14.3 Å². The van der Waals surface area contributed by atoms with Gasteiger partial charge in [0, 0.05) is 58.1 Å². The standard InChI is InChI=1S/C22H33N3O5/c1-28-11-10-25-19-13-23(14-20(19)30-15-21(25)26)16-22(27)6-8-24(9-7-22)17-4-3-5-18(12-17)29-2/h3-5,12,19-20,27H,6-11,13-16H2,1-2H3/t19-,20-/m0/s1. The van der Waals surface area contributed by atoms with Crippen molar-refractivity contribution in [1.29, 1.82) is 0 Å². The molecule has 1 N–H and O–H groups in total. The Bertz CT molecular complexity index is 737. The second-order valence-electron chi connectivity index (χ2n) is 8.60. The molecule has 3 heterocycles. The summed E-state index contributed by atoms with van der Waals surface area (Å²) in [5, 5.41) is 11.3. The highest BCUT2D eigenvalue weighted by molar-refractivity contribution is 5.78. The average Bonchev–Trinajstić information content (AvgIpc) is 3.15. The number of methoxy groups -OCH3 is 2. The van der Waals surface area contributed by atoms with Crippen LogP contribution in [0.2, 0.25) is 0 Å². The number of β-amino-alcohol motifs (C(OH)–C–C–N with tert-alkyl or cyclic N) is 1. The van der Waals surface area contributed by atoms with Gasteiger partial charge in [-0.15, -0.1) is 0 Å². The quantitative estimate of drug-likeness (QED) is 0.693. The first-order valence-corrected chi connectivity index (χ1v) is 10.7. The van der Waals surface area contributed by atoms with Crippen molar-refractivity contribution in [1.82, 2.24) is 9.80 Å². The van der Waals surface area contributed by atoms with Gasteiger partial charge >= 0.3 is 0 Å². The van der Waals surface area contributed by atoms with E-state index in [0.29, 0.717) is 32.5 Å². The van der Waals surface area contributed by atoms with E-state index < -0.39 is 5.60 Å². The highest BCUT2D eigenvalue weighted by Crippen LogP contribution is 2.31. The lowest BCUT2D eigenvalue weighted by molar-refractivity contribution is -0.153. The van der Waals surface area contributed by atoms with Gasteiger partial charge in [-0.3, -0.25) is 9.69 Å². The fourth-order valence-electron chi connectivity index (χ4n) is 4.91. The van der Waals surface area contributed by atoms with Gasteiger partial charge in [-0.2, -0.15) is 0 Å². The van der Waals surface area contributed by atoms with Gasteiger partial charge in [0.2, 0.25) is 5.91 Å². The predicted molar refractivity (Wildman–Crippen MR) is 113 cm³/mol. The van der Waals surface area contributed by atoms with Crippen LogP contribution in [0.4, 0.5) is 5.69 Å². The van der Waals surface area contributed by atoms with Crippen molar-refractivity contribution >= 4 is 11.6 Å². The minimum Gasteiger partial charge on any atom is -0.497 e. The fourth-order valence-corrected chi connectivity index (χ4v) is 4.91. The lowest BCUT2D eigenvalue weighted by Crippen LogP contribution is -2.55. The molecule has 0 aliphatic carbocycles. The van der Waals surface area contributed by atoms with Crippen molar-refractivity contribution < 1.29 is 24.1 Å². The van der Waals surface area contributed by atoms with Crippen molar-refractivity contribution in [2.45, 2.75) is 30.6 Å². The van der Waals surface area contributed by atoms with Crippen molar-refractivity contribution in [2.75, 3.05) is 71.6 Å². The number of likely N-dealkylation sites (tertiary alicyclic amines) is 1. The molecule has 0 spiro atoms. The molecule has 3 saturated heterocycles. The highest BCUT2D eigenvalue weighted by atomic mass is 16.5. The first kappa shape index (κ1) is 21.4. The Labute approximate surface area is 178 Å². The minimum absolute atomic E-state index is 0.0139. The molecule has 0 bridgehead atoms. The van der Waals surface area contributed by atoms with Gasteiger partial charge in [-0.05, 0) is 25.0 Å². The maximum Gasteiger partial charge on any atom is 0.249 e. The number of fused-ring (bicyclic) bond motifs is 1. The lowest BCUT2D eigenvalue weighted by atomic mass is 9.90. The molecule has 8 nitrogen and oxygen atoms in total. The number of carbonyl (C=O) groups excluding carboxylic acids is 1. The van der Waals surface area contributed by atoms with E-state index in [4.69, 9.17) is 14.2 Å². The van der Waals surface area contributed by atoms with Crippen LogP contribution >= 0.6 is 0 Å². The van der Waals surface area contributed by atoms with E-state index in [1.165, 1.54) is 0 Å². The third-order valence-corrected chi connectivity index (χ3v) is 6.62. The van der Waals surface area contributed by atoms with Crippen LogP contribution in [0.3, 0.4) is 0 Å². The molecule has 0 saturated carbocycles. The summed E-state index contributed by atoms with van der Waals surface area (Å²) in [6, 6.07) is 8.11. The number of amides is 1. The third kappa shape index (κ3) is 4.56. The average molecular weight is 420 g/mol. The number of aliphatic hydroxyl groups is 1. The minimum atomic E-state index is -0.718. The number of hydrogen-bond acceptors (Lipinski definition) is 7. The molecule has 1 aromatic rings. The summed E-state index contributed by atoms with van der Waals surface area (Å²) >= 11 is 0. The number of nitrogens with zero attached hydrogens (tertiary/aromatic N) is 3. The van der Waals surface area contributed by atoms with E-state index in [2.05, 4.69) is 15.9 Å². The second kappa shape index (κ2) is 9.09. The van der Waals surface area contributed by atoms with Crippen LogP contribution in [0.15, 0.2) is 24.3 Å². The number of carbonyl (C=O) groups is 1. The molecule has 3 fully saturated rings. The number of morpholine rings is 1. The SMILES string of the molecule is COCCN1C(=O)CO[C@H]2CN(CC3(O)CCN(c4cccc(OC)c4)CC3)C[C@@H]21. The molecule has 166 valence electrons. The van der Waals surface area contributed by atoms with Crippen molar-refractivity contribution in [3.63, 3.8) is 0 Å². The Morgan fingerprint density at radius 3 is 2.77 bits per heavy atom. The van der Waals surface area contributed by atoms with E-state index in [1.54, 1.807) is 14.2 Å². The van der Waals surface area contributed by atoms with Gasteiger partial charge in [0.05, 0.1) is 31.5 Å². The monoisotopic (exact) mass is 419 g/mol. The summed E-state index contributed by atoms with van der Waals surface area (Å²) < 4.78 is 16.3. The smallest absolute Gasteiger partial charge is 0.249 e. The molecule has 0 aromatic heterocycles. The van der Waals surface area contributed by atoms with E-state index in [9.17, 15) is 9.90 Å². The zero-order chi connectivity index (χ0) is 21.1. The van der Waals surface area contributed by atoms with Crippen LogP contribution in [0.5, 0.6) is 5.75 Å². The Kier molecular flexibility index (Phi) is 6.48. The van der Waals surface area contributed by atoms with Crippen LogP contribution < -0.4 is 9.64 Å². The van der Waals surface area contributed by atoms with Gasteiger partial charge in [0.25, 0.3) is 0 Å². The molecule has 2 atom stereocenters. The van der Waals surface area contributed by atoms with Gasteiger partial charge in [0.1, 0.15) is 12.4 Å². The molecule has 3 aliphatic rings. The summed E-state index contributed by atoms with van der Waals surface area (Å²) in [7, 11) is 3.33. The Morgan fingerprint density at radius 2 is 2.03 bits per heavy atom. The number of hydrogen-bond donors (Lipinski definition) is 1. The Morgan fingerprint density at radius 1 is 1.23 bits per heavy atom. The molecule has 0 unspecified atom stereocenters. The van der Waals surface area contributed by atoms with Crippen LogP contribution in [0.25, 0.3) is 0 Å². The number of rotatable bonds is 7. The molecular weight excluding hydrogens is 386 g/mol. The molecule has 0 radical (unpaired) electrons.